The lowest BCUT2D eigenvalue weighted by Crippen LogP contribution is -2.42. The molecule has 1 saturated heterocycles. The Balaban J connectivity index is 0.000000270. The van der Waals surface area contributed by atoms with Gasteiger partial charge in [-0.25, -0.2) is 9.78 Å². The third kappa shape index (κ3) is 6.17. The van der Waals surface area contributed by atoms with Gasteiger partial charge in [-0.1, -0.05) is 11.6 Å². The smallest absolute Gasteiger partial charge is 0.475 e. The van der Waals surface area contributed by atoms with E-state index in [-0.39, 0.29) is 0 Å². The highest BCUT2D eigenvalue weighted by Gasteiger charge is 2.38. The van der Waals surface area contributed by atoms with Crippen molar-refractivity contribution in [2.45, 2.75) is 25.1 Å². The maximum atomic E-state index is 10.6. The molecule has 5 nitrogen and oxygen atoms in total. The van der Waals surface area contributed by atoms with Crippen LogP contribution in [0.15, 0.2) is 18.3 Å². The van der Waals surface area contributed by atoms with E-state index in [2.05, 4.69) is 9.88 Å². The first kappa shape index (κ1) is 17.5. The Hall–Kier alpha value is -1.54. The van der Waals surface area contributed by atoms with Crippen LogP contribution in [0.25, 0.3) is 0 Å². The van der Waals surface area contributed by atoms with E-state index in [4.69, 9.17) is 27.2 Å². The van der Waals surface area contributed by atoms with Gasteiger partial charge >= 0.3 is 12.1 Å². The van der Waals surface area contributed by atoms with E-state index in [1.807, 2.05) is 12.1 Å². The highest BCUT2D eigenvalue weighted by Crippen LogP contribution is 2.19. The second-order valence-electron chi connectivity index (χ2n) is 4.49. The minimum atomic E-state index is -5.08. The summed E-state index contributed by atoms with van der Waals surface area (Å²) in [6, 6.07) is 4.10. The van der Waals surface area contributed by atoms with Crippen LogP contribution < -0.4 is 10.6 Å². The zero-order chi connectivity index (χ0) is 16.0. The average molecular weight is 326 g/mol. The summed E-state index contributed by atoms with van der Waals surface area (Å²) in [4.78, 5) is 15.2. The number of carboxylic acid groups (broad SMARTS) is 1. The molecule has 0 unspecified atom stereocenters. The molecule has 0 spiro atoms. The summed E-state index contributed by atoms with van der Waals surface area (Å²) in [6.45, 7) is 1.99. The van der Waals surface area contributed by atoms with E-state index in [1.165, 1.54) is 0 Å². The Morgan fingerprint density at radius 1 is 1.48 bits per heavy atom. The summed E-state index contributed by atoms with van der Waals surface area (Å²) in [6.07, 6.45) is -0.998. The van der Waals surface area contributed by atoms with Gasteiger partial charge in [-0.15, -0.1) is 0 Å². The lowest BCUT2D eigenvalue weighted by molar-refractivity contribution is -0.192. The summed E-state index contributed by atoms with van der Waals surface area (Å²) in [5.41, 5.74) is 7.02. The Bertz CT molecular complexity index is 468. The third-order valence-electron chi connectivity index (χ3n) is 2.78. The van der Waals surface area contributed by atoms with Crippen LogP contribution in [0.1, 0.15) is 12.8 Å². The lowest BCUT2D eigenvalue weighted by Gasteiger charge is -2.32. The maximum Gasteiger partial charge on any atom is 0.490 e. The molecule has 0 aliphatic carbocycles. The monoisotopic (exact) mass is 325 g/mol. The number of pyridine rings is 1. The predicted octanol–water partition coefficient (Wildman–Crippen LogP) is 2.30. The van der Waals surface area contributed by atoms with Crippen molar-refractivity contribution in [3.8, 4) is 0 Å². The van der Waals surface area contributed by atoms with Crippen LogP contribution in [0.2, 0.25) is 5.15 Å². The number of piperidine rings is 1. The van der Waals surface area contributed by atoms with Crippen LogP contribution in [-0.2, 0) is 4.79 Å². The molecular weight excluding hydrogens is 311 g/mol. The first-order valence-corrected chi connectivity index (χ1v) is 6.50. The Morgan fingerprint density at radius 2 is 2.10 bits per heavy atom. The first-order chi connectivity index (χ1) is 9.70. The van der Waals surface area contributed by atoms with Crippen molar-refractivity contribution in [2.24, 2.45) is 5.73 Å². The Morgan fingerprint density at radius 3 is 2.52 bits per heavy atom. The number of aromatic nitrogens is 1. The van der Waals surface area contributed by atoms with Crippen LogP contribution >= 0.6 is 11.6 Å². The molecule has 0 aromatic carbocycles. The van der Waals surface area contributed by atoms with Crippen molar-refractivity contribution >= 4 is 23.3 Å². The summed E-state index contributed by atoms with van der Waals surface area (Å²) in [5.74, 6) is -2.76. The van der Waals surface area contributed by atoms with Gasteiger partial charge in [-0.3, -0.25) is 0 Å². The Labute approximate surface area is 124 Å². The number of alkyl halides is 3. The molecule has 0 bridgehead atoms. The van der Waals surface area contributed by atoms with Gasteiger partial charge in [-0.2, -0.15) is 13.2 Å². The van der Waals surface area contributed by atoms with Gasteiger partial charge in [0.15, 0.2) is 0 Å². The van der Waals surface area contributed by atoms with Crippen molar-refractivity contribution in [3.05, 3.63) is 23.5 Å². The van der Waals surface area contributed by atoms with Crippen molar-refractivity contribution in [1.29, 1.82) is 0 Å². The Kier molecular flexibility index (Phi) is 6.22. The normalized spacial score (nSPS) is 18.7. The molecule has 1 atom stereocenters. The van der Waals surface area contributed by atoms with Crippen LogP contribution in [0.5, 0.6) is 0 Å². The number of carboxylic acids is 1. The van der Waals surface area contributed by atoms with Crippen molar-refractivity contribution in [2.75, 3.05) is 18.0 Å². The van der Waals surface area contributed by atoms with Gasteiger partial charge in [0.1, 0.15) is 5.15 Å². The molecule has 9 heteroatoms. The van der Waals surface area contributed by atoms with Crippen LogP contribution in [0.4, 0.5) is 18.9 Å². The zero-order valence-corrected chi connectivity index (χ0v) is 11.7. The molecule has 1 aliphatic heterocycles. The molecular formula is C12H15ClF3N3O2. The minimum Gasteiger partial charge on any atom is -0.475 e. The molecule has 0 saturated carbocycles. The van der Waals surface area contributed by atoms with Crippen molar-refractivity contribution in [1.82, 2.24) is 4.98 Å². The van der Waals surface area contributed by atoms with Gasteiger partial charge in [-0.05, 0) is 25.0 Å². The van der Waals surface area contributed by atoms with E-state index in [0.717, 1.165) is 31.6 Å². The number of hydrogen-bond acceptors (Lipinski definition) is 4. The number of aliphatic carboxylic acids is 1. The molecule has 21 heavy (non-hydrogen) atoms. The minimum absolute atomic E-state index is 0.291. The summed E-state index contributed by atoms with van der Waals surface area (Å²) in [7, 11) is 0. The number of halogens is 4. The van der Waals surface area contributed by atoms with E-state index < -0.39 is 12.1 Å². The number of rotatable bonds is 1. The van der Waals surface area contributed by atoms with E-state index in [0.29, 0.717) is 11.2 Å². The average Bonchev–Trinajstić information content (AvgIpc) is 2.39. The molecule has 3 N–H and O–H groups in total. The quantitative estimate of drug-likeness (QED) is 0.774. The largest absolute Gasteiger partial charge is 0.490 e. The van der Waals surface area contributed by atoms with Gasteiger partial charge < -0.3 is 15.7 Å². The van der Waals surface area contributed by atoms with Gasteiger partial charge in [0, 0.05) is 19.1 Å². The van der Waals surface area contributed by atoms with Crippen molar-refractivity contribution in [3.63, 3.8) is 0 Å². The van der Waals surface area contributed by atoms with Crippen LogP contribution in [-0.4, -0.2) is 41.4 Å². The number of carbonyl (C=O) groups is 1. The van der Waals surface area contributed by atoms with E-state index in [1.54, 1.807) is 6.20 Å². The van der Waals surface area contributed by atoms with E-state index >= 15 is 0 Å². The molecule has 0 radical (unpaired) electrons. The molecule has 1 aromatic heterocycles. The van der Waals surface area contributed by atoms with Gasteiger partial charge in [0.25, 0.3) is 0 Å². The number of hydrogen-bond donors (Lipinski definition) is 2. The molecule has 118 valence electrons. The zero-order valence-electron chi connectivity index (χ0n) is 11.0. The topological polar surface area (TPSA) is 79.5 Å². The van der Waals surface area contributed by atoms with Gasteiger partial charge in [0.05, 0.1) is 11.9 Å². The first-order valence-electron chi connectivity index (χ1n) is 6.12. The number of nitrogens with zero attached hydrogens (tertiary/aromatic N) is 2. The van der Waals surface area contributed by atoms with Crippen molar-refractivity contribution < 1.29 is 23.1 Å². The molecule has 0 amide bonds. The predicted molar refractivity (Wildman–Crippen MR) is 72.4 cm³/mol. The van der Waals surface area contributed by atoms with Gasteiger partial charge in [0.2, 0.25) is 0 Å². The molecule has 1 aliphatic rings. The number of nitrogens with two attached hydrogens (primary N) is 1. The fourth-order valence-corrected chi connectivity index (χ4v) is 1.91. The van der Waals surface area contributed by atoms with Crippen LogP contribution in [0, 0.1) is 0 Å². The van der Waals surface area contributed by atoms with E-state index in [9.17, 15) is 13.2 Å². The second-order valence-corrected chi connectivity index (χ2v) is 4.88. The maximum absolute atomic E-state index is 10.6. The number of anilines is 1. The fourth-order valence-electron chi connectivity index (χ4n) is 1.80. The lowest BCUT2D eigenvalue weighted by atomic mass is 10.1. The second kappa shape index (κ2) is 7.46. The summed E-state index contributed by atoms with van der Waals surface area (Å²) < 4.78 is 31.7. The molecule has 2 heterocycles. The summed E-state index contributed by atoms with van der Waals surface area (Å²) >= 11 is 5.72. The third-order valence-corrected chi connectivity index (χ3v) is 3.00. The standard InChI is InChI=1S/C10H14ClN3.C2HF3O2/c11-10-4-3-9(6-13-10)14-5-1-2-8(12)7-14;3-2(4,5)1(6)7/h3-4,6,8H,1-2,5,7,12H2;(H,6,7)/t8-;/m0./s1. The fraction of sp³-hybridized carbons (Fsp3) is 0.500. The highest BCUT2D eigenvalue weighted by molar-refractivity contribution is 6.29. The van der Waals surface area contributed by atoms with Crippen LogP contribution in [0.3, 0.4) is 0 Å². The SMILES string of the molecule is N[C@H]1CCCN(c2ccc(Cl)nc2)C1.O=C(O)C(F)(F)F. The summed E-state index contributed by atoms with van der Waals surface area (Å²) in [5, 5.41) is 7.66. The molecule has 1 fully saturated rings. The highest BCUT2D eigenvalue weighted by atomic mass is 35.5. The molecule has 1 aromatic rings. The molecule has 2 rings (SSSR count).